The fourth-order valence-electron chi connectivity index (χ4n) is 3.90. The van der Waals surface area contributed by atoms with Crippen LogP contribution in [0.4, 0.5) is 0 Å². The number of nitrogens with zero attached hydrogens (tertiary/aromatic N) is 2. The Labute approximate surface area is 169 Å². The van der Waals surface area contributed by atoms with Crippen molar-refractivity contribution in [2.24, 2.45) is 5.92 Å². The lowest BCUT2D eigenvalue weighted by molar-refractivity contribution is -0.119. The number of aromatic nitrogens is 2. The number of carbonyl (C=O) groups is 1. The predicted octanol–water partition coefficient (Wildman–Crippen LogP) is 5.20. The second-order valence-corrected chi connectivity index (χ2v) is 7.55. The van der Waals surface area contributed by atoms with Gasteiger partial charge >= 0.3 is 0 Å². The summed E-state index contributed by atoms with van der Waals surface area (Å²) in [7, 11) is 1.67. The molecule has 2 aromatic carbocycles. The predicted molar refractivity (Wildman–Crippen MR) is 114 cm³/mol. The highest BCUT2D eigenvalue weighted by Crippen LogP contribution is 2.37. The minimum Gasteiger partial charge on any atom is -0.497 e. The summed E-state index contributed by atoms with van der Waals surface area (Å²) in [6.45, 7) is 0. The number of methoxy groups -OCH3 is 1. The number of benzene rings is 2. The van der Waals surface area contributed by atoms with Gasteiger partial charge in [-0.3, -0.25) is 4.79 Å². The second-order valence-electron chi connectivity index (χ2n) is 7.55. The molecule has 0 aliphatic heterocycles. The van der Waals surface area contributed by atoms with Gasteiger partial charge < -0.3 is 4.74 Å². The van der Waals surface area contributed by atoms with Crippen LogP contribution >= 0.6 is 0 Å². The lowest BCUT2D eigenvalue weighted by Gasteiger charge is -2.09. The maximum atomic E-state index is 12.6. The van der Waals surface area contributed by atoms with Gasteiger partial charge in [0.1, 0.15) is 11.5 Å². The van der Waals surface area contributed by atoms with Gasteiger partial charge in [0.25, 0.3) is 0 Å². The largest absolute Gasteiger partial charge is 0.497 e. The molecule has 144 valence electrons. The molecule has 0 saturated heterocycles. The van der Waals surface area contributed by atoms with Gasteiger partial charge in [0.15, 0.2) is 0 Å². The Morgan fingerprint density at radius 1 is 1.00 bits per heavy atom. The molecule has 0 N–H and O–H groups in total. The van der Waals surface area contributed by atoms with Gasteiger partial charge in [-0.1, -0.05) is 48.5 Å². The Morgan fingerprint density at radius 3 is 2.45 bits per heavy atom. The van der Waals surface area contributed by atoms with Crippen LogP contribution < -0.4 is 4.74 Å². The summed E-state index contributed by atoms with van der Waals surface area (Å²) in [5.41, 5.74) is 6.20. The van der Waals surface area contributed by atoms with Crippen LogP contribution in [0.15, 0.2) is 72.9 Å². The zero-order valence-corrected chi connectivity index (χ0v) is 16.3. The Morgan fingerprint density at radius 2 is 1.76 bits per heavy atom. The Balaban J connectivity index is 1.72. The fraction of sp³-hybridized carbons (Fsp3) is 0.200. The Kier molecular flexibility index (Phi) is 4.39. The molecule has 5 rings (SSSR count). The summed E-state index contributed by atoms with van der Waals surface area (Å²) in [6.07, 6.45) is 4.38. The average molecular weight is 382 g/mol. The third-order valence-electron chi connectivity index (χ3n) is 5.57. The number of hydrogen-bond donors (Lipinski definition) is 0. The molecule has 0 amide bonds. The molecule has 0 spiro atoms. The van der Waals surface area contributed by atoms with Gasteiger partial charge in [-0.2, -0.15) is 5.10 Å². The number of carbonyl (C=O) groups excluding carboxylic acids is 1. The van der Waals surface area contributed by atoms with E-state index >= 15 is 0 Å². The molecule has 4 aromatic rings. The smallest absolute Gasteiger partial charge is 0.142 e. The number of fused-ring (bicyclic) bond motifs is 1. The van der Waals surface area contributed by atoms with Crippen molar-refractivity contribution in [1.82, 2.24) is 9.61 Å². The van der Waals surface area contributed by atoms with E-state index in [0.717, 1.165) is 52.1 Å². The second kappa shape index (κ2) is 7.21. The summed E-state index contributed by atoms with van der Waals surface area (Å²) in [6, 6.07) is 22.4. The molecule has 2 aromatic heterocycles. The lowest BCUT2D eigenvalue weighted by atomic mass is 9.96. The standard InChI is InChI=1S/C25H22N2O2/c1-29-20-13-11-17(12-14-20)21-8-5-15-27-25(21)24(19-6-3-2-4-7-19)22(26-27)16-23(28)18-9-10-18/h2-8,11-15,18H,9-10,16H2,1H3. The van der Waals surface area contributed by atoms with Crippen molar-refractivity contribution in [3.8, 4) is 28.0 Å². The quantitative estimate of drug-likeness (QED) is 0.460. The first kappa shape index (κ1) is 17.7. The van der Waals surface area contributed by atoms with E-state index in [4.69, 9.17) is 9.84 Å². The molecule has 1 aliphatic carbocycles. The van der Waals surface area contributed by atoms with Crippen LogP contribution in [-0.2, 0) is 11.2 Å². The maximum Gasteiger partial charge on any atom is 0.142 e. The highest BCUT2D eigenvalue weighted by atomic mass is 16.5. The molecular formula is C25H22N2O2. The van der Waals surface area contributed by atoms with Crippen molar-refractivity contribution >= 4 is 11.3 Å². The number of ether oxygens (including phenoxy) is 1. The molecule has 0 bridgehead atoms. The van der Waals surface area contributed by atoms with Crippen molar-refractivity contribution < 1.29 is 9.53 Å². The van der Waals surface area contributed by atoms with Crippen molar-refractivity contribution in [3.63, 3.8) is 0 Å². The Bertz CT molecular complexity index is 1170. The third kappa shape index (κ3) is 3.31. The van der Waals surface area contributed by atoms with E-state index in [-0.39, 0.29) is 5.92 Å². The summed E-state index contributed by atoms with van der Waals surface area (Å²) in [5.74, 6) is 1.36. The van der Waals surface area contributed by atoms with E-state index < -0.39 is 0 Å². The van der Waals surface area contributed by atoms with Crippen LogP contribution in [-0.4, -0.2) is 22.5 Å². The molecule has 2 heterocycles. The third-order valence-corrected chi connectivity index (χ3v) is 5.57. The number of Topliss-reactive ketones (excluding diaryl/α,β-unsaturated/α-hetero) is 1. The van der Waals surface area contributed by atoms with E-state index in [1.165, 1.54) is 0 Å². The van der Waals surface area contributed by atoms with Crippen molar-refractivity contribution in [3.05, 3.63) is 78.6 Å². The van der Waals surface area contributed by atoms with Gasteiger partial charge in [0, 0.05) is 23.2 Å². The van der Waals surface area contributed by atoms with Crippen LogP contribution in [0.2, 0.25) is 0 Å². The van der Waals surface area contributed by atoms with E-state index in [0.29, 0.717) is 12.2 Å². The lowest BCUT2D eigenvalue weighted by Crippen LogP contribution is -2.06. The van der Waals surface area contributed by atoms with Crippen molar-refractivity contribution in [2.75, 3.05) is 7.11 Å². The van der Waals surface area contributed by atoms with Crippen LogP contribution in [0.1, 0.15) is 18.5 Å². The van der Waals surface area contributed by atoms with E-state index in [1.807, 2.05) is 47.1 Å². The summed E-state index contributed by atoms with van der Waals surface area (Å²) in [5, 5.41) is 4.83. The van der Waals surface area contributed by atoms with Crippen LogP contribution in [0.5, 0.6) is 5.75 Å². The van der Waals surface area contributed by atoms with E-state index in [2.05, 4.69) is 30.3 Å². The average Bonchev–Trinajstić information content (AvgIpc) is 3.56. The monoisotopic (exact) mass is 382 g/mol. The first-order valence-corrected chi connectivity index (χ1v) is 9.97. The summed E-state index contributed by atoms with van der Waals surface area (Å²) >= 11 is 0. The summed E-state index contributed by atoms with van der Waals surface area (Å²) < 4.78 is 7.22. The molecule has 1 saturated carbocycles. The van der Waals surface area contributed by atoms with Gasteiger partial charge in [-0.25, -0.2) is 4.52 Å². The normalized spacial score (nSPS) is 13.6. The van der Waals surface area contributed by atoms with Gasteiger partial charge in [-0.15, -0.1) is 0 Å². The van der Waals surface area contributed by atoms with Gasteiger partial charge in [-0.05, 0) is 42.2 Å². The molecule has 1 aliphatic rings. The Hall–Kier alpha value is -3.40. The van der Waals surface area contributed by atoms with Gasteiger partial charge in [0.05, 0.1) is 24.7 Å². The van der Waals surface area contributed by atoms with Crippen LogP contribution in [0, 0.1) is 5.92 Å². The van der Waals surface area contributed by atoms with E-state index in [9.17, 15) is 4.79 Å². The number of rotatable bonds is 6. The zero-order chi connectivity index (χ0) is 19.8. The molecule has 4 nitrogen and oxygen atoms in total. The molecule has 0 unspecified atom stereocenters. The highest BCUT2D eigenvalue weighted by molar-refractivity contribution is 5.96. The molecule has 0 radical (unpaired) electrons. The molecule has 29 heavy (non-hydrogen) atoms. The van der Waals surface area contributed by atoms with Crippen molar-refractivity contribution in [2.45, 2.75) is 19.3 Å². The molecule has 4 heteroatoms. The van der Waals surface area contributed by atoms with Crippen LogP contribution in [0.25, 0.3) is 27.8 Å². The first-order chi connectivity index (χ1) is 14.2. The molecule has 1 fully saturated rings. The van der Waals surface area contributed by atoms with Gasteiger partial charge in [0.2, 0.25) is 0 Å². The fourth-order valence-corrected chi connectivity index (χ4v) is 3.90. The van der Waals surface area contributed by atoms with E-state index in [1.54, 1.807) is 7.11 Å². The van der Waals surface area contributed by atoms with Crippen molar-refractivity contribution in [1.29, 1.82) is 0 Å². The number of pyridine rings is 1. The molecular weight excluding hydrogens is 360 g/mol. The number of hydrogen-bond acceptors (Lipinski definition) is 3. The molecule has 0 atom stereocenters. The minimum atomic E-state index is 0.226. The number of ketones is 1. The SMILES string of the molecule is COc1ccc(-c2cccn3nc(CC(=O)C4CC4)c(-c4ccccc4)c23)cc1. The topological polar surface area (TPSA) is 43.6 Å². The summed E-state index contributed by atoms with van der Waals surface area (Å²) in [4.78, 5) is 12.6. The zero-order valence-electron chi connectivity index (χ0n) is 16.3. The first-order valence-electron chi connectivity index (χ1n) is 9.97. The highest BCUT2D eigenvalue weighted by Gasteiger charge is 2.31. The van der Waals surface area contributed by atoms with Crippen LogP contribution in [0.3, 0.4) is 0 Å². The maximum absolute atomic E-state index is 12.6. The minimum absolute atomic E-state index is 0.226.